The zero-order chi connectivity index (χ0) is 8.10. The fourth-order valence-electron chi connectivity index (χ4n) is 0.964. The molecule has 0 aromatic carbocycles. The Hall–Kier alpha value is -1.35. The second-order valence-electron chi connectivity index (χ2n) is 2.28. The van der Waals surface area contributed by atoms with E-state index in [-0.39, 0.29) is 5.48 Å². The quantitative estimate of drug-likeness (QED) is 0.615. The van der Waals surface area contributed by atoms with Crippen molar-refractivity contribution in [1.82, 2.24) is 9.55 Å². The van der Waals surface area contributed by atoms with Crippen molar-refractivity contribution in [3.8, 4) is 0 Å². The summed E-state index contributed by atoms with van der Waals surface area (Å²) in [5.41, 5.74) is 0. The van der Waals surface area contributed by atoms with Gasteiger partial charge in [0.1, 0.15) is 5.82 Å². The first-order chi connectivity index (χ1) is 5.38. The summed E-state index contributed by atoms with van der Waals surface area (Å²) in [6, 6.07) is 0. The largest absolute Gasteiger partial charge is 0.412 e. The third-order valence-electron chi connectivity index (χ3n) is 1.45. The molecule has 0 aliphatic carbocycles. The number of nitrogens with zero attached hydrogens (tertiary/aromatic N) is 2. The van der Waals surface area contributed by atoms with Crippen LogP contribution < -0.4 is 0 Å². The molecular formula is C9H14N2O. The topological polar surface area (TPSA) is 49.3 Å². The first-order valence-electron chi connectivity index (χ1n) is 3.60. The van der Waals surface area contributed by atoms with Crippen LogP contribution in [-0.2, 0) is 13.0 Å². The lowest BCUT2D eigenvalue weighted by Gasteiger charge is -2.00. The third-order valence-corrected chi connectivity index (χ3v) is 1.45. The fourth-order valence-corrected chi connectivity index (χ4v) is 0.964. The predicted molar refractivity (Wildman–Crippen MR) is 49.9 cm³/mol. The summed E-state index contributed by atoms with van der Waals surface area (Å²) < 4.78 is 2.05. The molecule has 1 aromatic rings. The first-order valence-corrected chi connectivity index (χ1v) is 3.60. The number of hydrogen-bond donors (Lipinski definition) is 0. The minimum Gasteiger partial charge on any atom is -0.412 e. The second kappa shape index (κ2) is 5.32. The number of rotatable bonds is 4. The van der Waals surface area contributed by atoms with Crippen LogP contribution in [-0.4, -0.2) is 15.0 Å². The van der Waals surface area contributed by atoms with E-state index in [4.69, 9.17) is 0 Å². The number of hydrogen-bond acceptors (Lipinski definition) is 1. The van der Waals surface area contributed by atoms with Crippen LogP contribution in [0.1, 0.15) is 5.82 Å². The number of aromatic nitrogens is 2. The Labute approximate surface area is 72.4 Å². The molecule has 1 heterocycles. The molecule has 12 heavy (non-hydrogen) atoms. The van der Waals surface area contributed by atoms with Crippen LogP contribution in [0.3, 0.4) is 0 Å². The average molecular weight is 166 g/mol. The van der Waals surface area contributed by atoms with Gasteiger partial charge >= 0.3 is 0 Å². The molecule has 0 radical (unpaired) electrons. The van der Waals surface area contributed by atoms with Gasteiger partial charge in [0.25, 0.3) is 0 Å². The second-order valence-corrected chi connectivity index (χ2v) is 2.28. The average Bonchev–Trinajstić information content (AvgIpc) is 2.39. The zero-order valence-corrected chi connectivity index (χ0v) is 7.03. The van der Waals surface area contributed by atoms with Crippen LogP contribution in [0.5, 0.6) is 0 Å². The van der Waals surface area contributed by atoms with Crippen molar-refractivity contribution in [2.24, 2.45) is 0 Å². The van der Waals surface area contributed by atoms with Crippen molar-refractivity contribution in [3.05, 3.63) is 43.5 Å². The summed E-state index contributed by atoms with van der Waals surface area (Å²) in [5, 5.41) is 0. The number of allylic oxidation sites excluding steroid dienone is 2. The van der Waals surface area contributed by atoms with Crippen molar-refractivity contribution < 1.29 is 5.48 Å². The van der Waals surface area contributed by atoms with Gasteiger partial charge in [-0.05, 0) is 0 Å². The molecule has 0 aliphatic rings. The molecule has 0 atom stereocenters. The Morgan fingerprint density at radius 2 is 2.17 bits per heavy atom. The minimum atomic E-state index is 0. The Morgan fingerprint density at radius 3 is 2.75 bits per heavy atom. The van der Waals surface area contributed by atoms with Gasteiger partial charge in [0.2, 0.25) is 0 Å². The van der Waals surface area contributed by atoms with Crippen LogP contribution in [0, 0.1) is 0 Å². The molecule has 2 N–H and O–H groups in total. The van der Waals surface area contributed by atoms with Crippen LogP contribution in [0.15, 0.2) is 37.7 Å². The summed E-state index contributed by atoms with van der Waals surface area (Å²) in [6.07, 6.45) is 8.26. The van der Waals surface area contributed by atoms with E-state index in [9.17, 15) is 0 Å². The summed E-state index contributed by atoms with van der Waals surface area (Å²) >= 11 is 0. The molecule has 3 nitrogen and oxygen atoms in total. The third kappa shape index (κ3) is 2.36. The molecule has 0 aliphatic heterocycles. The molecule has 0 spiro atoms. The zero-order valence-electron chi connectivity index (χ0n) is 7.03. The van der Waals surface area contributed by atoms with E-state index < -0.39 is 0 Å². The maximum absolute atomic E-state index is 4.17. The molecule has 0 bridgehead atoms. The fraction of sp³-hybridized carbons (Fsp3) is 0.222. The van der Waals surface area contributed by atoms with E-state index in [2.05, 4.69) is 22.7 Å². The highest BCUT2D eigenvalue weighted by Gasteiger charge is 1.96. The van der Waals surface area contributed by atoms with E-state index in [0.29, 0.717) is 0 Å². The molecule has 0 fully saturated rings. The Morgan fingerprint density at radius 1 is 1.42 bits per heavy atom. The van der Waals surface area contributed by atoms with Crippen LogP contribution in [0.2, 0.25) is 0 Å². The standard InChI is InChI=1S/C9H12N2.H2O/c1-3-5-9-10-6-8-11(9)7-4-2;/h3-4,6,8H,1-2,5,7H2;1H2. The number of imidazole rings is 1. The molecular weight excluding hydrogens is 152 g/mol. The molecule has 0 amide bonds. The highest BCUT2D eigenvalue weighted by Crippen LogP contribution is 1.98. The van der Waals surface area contributed by atoms with Crippen LogP contribution in [0.25, 0.3) is 0 Å². The van der Waals surface area contributed by atoms with E-state index in [1.165, 1.54) is 0 Å². The molecule has 3 heteroatoms. The smallest absolute Gasteiger partial charge is 0.112 e. The maximum Gasteiger partial charge on any atom is 0.112 e. The van der Waals surface area contributed by atoms with Crippen molar-refractivity contribution in [1.29, 1.82) is 0 Å². The Bertz CT molecular complexity index is 228. The lowest BCUT2D eigenvalue weighted by atomic mass is 10.4. The van der Waals surface area contributed by atoms with Gasteiger partial charge in [0.15, 0.2) is 0 Å². The molecule has 1 aromatic heterocycles. The monoisotopic (exact) mass is 166 g/mol. The molecule has 0 unspecified atom stereocenters. The van der Waals surface area contributed by atoms with Gasteiger partial charge in [0, 0.05) is 25.4 Å². The predicted octanol–water partition coefficient (Wildman–Crippen LogP) is 0.973. The van der Waals surface area contributed by atoms with E-state index >= 15 is 0 Å². The minimum absolute atomic E-state index is 0. The van der Waals surface area contributed by atoms with Crippen molar-refractivity contribution in [2.75, 3.05) is 0 Å². The van der Waals surface area contributed by atoms with Gasteiger partial charge in [-0.1, -0.05) is 12.2 Å². The summed E-state index contributed by atoms with van der Waals surface area (Å²) in [4.78, 5) is 4.17. The highest BCUT2D eigenvalue weighted by atomic mass is 16.0. The Balaban J connectivity index is 0.00000121. The maximum atomic E-state index is 4.17. The summed E-state index contributed by atoms with van der Waals surface area (Å²) in [7, 11) is 0. The van der Waals surface area contributed by atoms with Crippen molar-refractivity contribution >= 4 is 0 Å². The van der Waals surface area contributed by atoms with Gasteiger partial charge in [-0.15, -0.1) is 13.2 Å². The SMILES string of the molecule is C=CCc1nccn1CC=C.O. The van der Waals surface area contributed by atoms with Gasteiger partial charge in [-0.25, -0.2) is 4.98 Å². The Kier molecular flexibility index (Phi) is 4.72. The summed E-state index contributed by atoms with van der Waals surface area (Å²) in [6.45, 7) is 8.14. The van der Waals surface area contributed by atoms with Crippen LogP contribution >= 0.6 is 0 Å². The van der Waals surface area contributed by atoms with Gasteiger partial charge in [-0.2, -0.15) is 0 Å². The molecule has 0 saturated carbocycles. The molecule has 0 saturated heterocycles. The van der Waals surface area contributed by atoms with E-state index in [1.54, 1.807) is 6.20 Å². The van der Waals surface area contributed by atoms with Gasteiger partial charge in [0.05, 0.1) is 0 Å². The van der Waals surface area contributed by atoms with Gasteiger partial charge in [-0.3, -0.25) is 0 Å². The van der Waals surface area contributed by atoms with Crippen LogP contribution in [0.4, 0.5) is 0 Å². The van der Waals surface area contributed by atoms with Gasteiger partial charge < -0.3 is 10.0 Å². The summed E-state index contributed by atoms with van der Waals surface area (Å²) in [5.74, 6) is 1.04. The van der Waals surface area contributed by atoms with E-state index in [0.717, 1.165) is 18.8 Å². The first kappa shape index (κ1) is 10.7. The highest BCUT2D eigenvalue weighted by molar-refractivity contribution is 4.98. The van der Waals surface area contributed by atoms with Crippen molar-refractivity contribution in [3.63, 3.8) is 0 Å². The lowest BCUT2D eigenvalue weighted by molar-refractivity contribution is 0.763. The van der Waals surface area contributed by atoms with E-state index in [1.807, 2.05) is 18.3 Å². The van der Waals surface area contributed by atoms with Crippen molar-refractivity contribution in [2.45, 2.75) is 13.0 Å². The molecule has 66 valence electrons. The molecule has 1 rings (SSSR count). The normalized spacial score (nSPS) is 8.67. The lowest BCUT2D eigenvalue weighted by Crippen LogP contribution is -1.99.